The molecule has 0 aromatic heterocycles. The second kappa shape index (κ2) is 4.84. The summed E-state index contributed by atoms with van der Waals surface area (Å²) in [5.74, 6) is 0.924. The standard InChI is InChI=1S/C20H30O3/c1-13(2)14-4-5-16-15-6-7-18(3)8-9-19(15,12-23-18)10-11-20(14,16)17(21)22/h6-7,13-16H,4-5,8-12H2,1-3H3,(H,21,22). The first-order valence-electron chi connectivity index (χ1n) is 9.40. The van der Waals surface area contributed by atoms with Crippen LogP contribution in [0.15, 0.2) is 12.2 Å². The van der Waals surface area contributed by atoms with E-state index in [0.717, 1.165) is 38.7 Å². The summed E-state index contributed by atoms with van der Waals surface area (Å²) in [6, 6.07) is 0. The third-order valence-electron chi connectivity index (χ3n) is 7.96. The molecule has 128 valence electrons. The first kappa shape index (κ1) is 15.7. The molecule has 1 saturated heterocycles. The van der Waals surface area contributed by atoms with E-state index in [2.05, 4.69) is 32.9 Å². The molecule has 3 heteroatoms. The number of rotatable bonds is 2. The Morgan fingerprint density at radius 3 is 2.57 bits per heavy atom. The minimum absolute atomic E-state index is 0.121. The quantitative estimate of drug-likeness (QED) is 0.773. The maximum absolute atomic E-state index is 12.4. The number of allylic oxidation sites excluding steroid dienone is 1. The molecule has 2 aliphatic heterocycles. The number of hydrogen-bond acceptors (Lipinski definition) is 2. The molecule has 0 aromatic carbocycles. The maximum atomic E-state index is 12.4. The van der Waals surface area contributed by atoms with Crippen LogP contribution in [0.25, 0.3) is 0 Å². The summed E-state index contributed by atoms with van der Waals surface area (Å²) in [6.07, 6.45) is 10.9. The van der Waals surface area contributed by atoms with Crippen LogP contribution in [0.5, 0.6) is 0 Å². The van der Waals surface area contributed by atoms with Crippen LogP contribution in [-0.2, 0) is 9.53 Å². The van der Waals surface area contributed by atoms with E-state index in [9.17, 15) is 9.90 Å². The lowest BCUT2D eigenvalue weighted by molar-refractivity contribution is -0.176. The van der Waals surface area contributed by atoms with Gasteiger partial charge in [0, 0.05) is 5.41 Å². The fourth-order valence-electron chi connectivity index (χ4n) is 6.61. The highest BCUT2D eigenvalue weighted by molar-refractivity contribution is 5.76. The fraction of sp³-hybridized carbons (Fsp3) is 0.850. The maximum Gasteiger partial charge on any atom is 0.310 e. The van der Waals surface area contributed by atoms with Crippen molar-refractivity contribution < 1.29 is 14.6 Å². The van der Waals surface area contributed by atoms with Gasteiger partial charge < -0.3 is 9.84 Å². The summed E-state index contributed by atoms with van der Waals surface area (Å²) in [5.41, 5.74) is -0.426. The molecule has 6 atom stereocenters. The van der Waals surface area contributed by atoms with E-state index in [0.29, 0.717) is 23.7 Å². The topological polar surface area (TPSA) is 46.5 Å². The Balaban J connectivity index is 1.78. The molecule has 2 bridgehead atoms. The van der Waals surface area contributed by atoms with Crippen molar-refractivity contribution in [2.45, 2.75) is 64.9 Å². The number of hydrogen-bond donors (Lipinski definition) is 1. The molecule has 5 aliphatic rings. The number of ether oxygens (including phenoxy) is 1. The monoisotopic (exact) mass is 318 g/mol. The molecule has 23 heavy (non-hydrogen) atoms. The van der Waals surface area contributed by atoms with Crippen LogP contribution in [0.3, 0.4) is 0 Å². The zero-order chi connectivity index (χ0) is 16.5. The largest absolute Gasteiger partial charge is 0.481 e. The molecule has 3 nitrogen and oxygen atoms in total. The van der Waals surface area contributed by atoms with Crippen molar-refractivity contribution >= 4 is 5.97 Å². The molecule has 3 aliphatic carbocycles. The number of carboxylic acids is 1. The molecule has 0 aromatic rings. The van der Waals surface area contributed by atoms with Crippen LogP contribution in [0.2, 0.25) is 0 Å². The zero-order valence-corrected chi connectivity index (χ0v) is 14.7. The molecule has 5 rings (SSSR count). The van der Waals surface area contributed by atoms with Gasteiger partial charge in [-0.2, -0.15) is 0 Å². The Hall–Kier alpha value is -0.830. The minimum atomic E-state index is -0.534. The van der Waals surface area contributed by atoms with Gasteiger partial charge in [0.15, 0.2) is 0 Å². The van der Waals surface area contributed by atoms with Gasteiger partial charge in [-0.3, -0.25) is 4.79 Å². The van der Waals surface area contributed by atoms with E-state index < -0.39 is 11.4 Å². The smallest absolute Gasteiger partial charge is 0.310 e. The minimum Gasteiger partial charge on any atom is -0.481 e. The number of carbonyl (C=O) groups is 1. The normalized spacial score (nSPS) is 51.4. The van der Waals surface area contributed by atoms with Gasteiger partial charge in [0.1, 0.15) is 0 Å². The number of aliphatic carboxylic acids is 1. The van der Waals surface area contributed by atoms with E-state index in [1.165, 1.54) is 6.42 Å². The van der Waals surface area contributed by atoms with Crippen LogP contribution in [0.1, 0.15) is 59.3 Å². The van der Waals surface area contributed by atoms with Gasteiger partial charge in [-0.05, 0) is 69.1 Å². The van der Waals surface area contributed by atoms with Crippen LogP contribution in [0, 0.1) is 34.5 Å². The predicted molar refractivity (Wildman–Crippen MR) is 89.0 cm³/mol. The van der Waals surface area contributed by atoms with Crippen LogP contribution in [0.4, 0.5) is 0 Å². The summed E-state index contributed by atoms with van der Waals surface area (Å²) >= 11 is 0. The molecule has 0 radical (unpaired) electrons. The Labute approximate surface area is 139 Å². The van der Waals surface area contributed by atoms with Gasteiger partial charge in [0.25, 0.3) is 0 Å². The first-order valence-corrected chi connectivity index (χ1v) is 9.40. The average Bonchev–Trinajstić information content (AvgIpc) is 2.76. The molecule has 1 spiro atoms. The van der Waals surface area contributed by atoms with E-state index in [4.69, 9.17) is 4.74 Å². The SMILES string of the molecule is CC(C)C1CCC2C3C=CC4(C)CCC3(CCC12C(=O)O)CO4. The predicted octanol–water partition coefficient (Wildman–Crippen LogP) is 4.27. The molecule has 2 saturated carbocycles. The van der Waals surface area contributed by atoms with Gasteiger partial charge in [-0.25, -0.2) is 0 Å². The zero-order valence-electron chi connectivity index (χ0n) is 14.7. The molecule has 0 amide bonds. The van der Waals surface area contributed by atoms with Crippen molar-refractivity contribution in [1.82, 2.24) is 0 Å². The summed E-state index contributed by atoms with van der Waals surface area (Å²) in [7, 11) is 0. The lowest BCUT2D eigenvalue weighted by atomic mass is 9.50. The molecule has 1 N–H and O–H groups in total. The third kappa shape index (κ3) is 1.95. The fourth-order valence-corrected chi connectivity index (χ4v) is 6.61. The Kier molecular flexibility index (Phi) is 3.30. The Bertz CT molecular complexity index is 541. The van der Waals surface area contributed by atoms with Gasteiger partial charge in [0.05, 0.1) is 17.6 Å². The highest BCUT2D eigenvalue weighted by atomic mass is 16.5. The number of carboxylic acid groups (broad SMARTS) is 1. The molecular weight excluding hydrogens is 288 g/mol. The third-order valence-corrected chi connectivity index (χ3v) is 7.96. The first-order chi connectivity index (χ1) is 10.8. The lowest BCUT2D eigenvalue weighted by Crippen LogP contribution is -2.55. The van der Waals surface area contributed by atoms with Crippen molar-refractivity contribution in [3.8, 4) is 0 Å². The van der Waals surface area contributed by atoms with Crippen molar-refractivity contribution in [3.05, 3.63) is 12.2 Å². The Morgan fingerprint density at radius 2 is 1.96 bits per heavy atom. The van der Waals surface area contributed by atoms with Crippen LogP contribution < -0.4 is 0 Å². The second-order valence-corrected chi connectivity index (χ2v) is 9.23. The van der Waals surface area contributed by atoms with Gasteiger partial charge in [-0.15, -0.1) is 0 Å². The molecule has 3 fully saturated rings. The molecule has 2 heterocycles. The van der Waals surface area contributed by atoms with Crippen molar-refractivity contribution in [2.24, 2.45) is 34.5 Å². The van der Waals surface area contributed by atoms with Crippen molar-refractivity contribution in [3.63, 3.8) is 0 Å². The van der Waals surface area contributed by atoms with E-state index >= 15 is 0 Å². The van der Waals surface area contributed by atoms with Crippen molar-refractivity contribution in [2.75, 3.05) is 6.61 Å². The molecular formula is C20H30O3. The summed E-state index contributed by atoms with van der Waals surface area (Å²) < 4.78 is 6.23. The lowest BCUT2D eigenvalue weighted by Gasteiger charge is -2.55. The second-order valence-electron chi connectivity index (χ2n) is 9.23. The average molecular weight is 318 g/mol. The highest BCUT2D eigenvalue weighted by Gasteiger charge is 2.65. The van der Waals surface area contributed by atoms with Crippen molar-refractivity contribution in [1.29, 1.82) is 0 Å². The van der Waals surface area contributed by atoms with Gasteiger partial charge >= 0.3 is 5.97 Å². The highest BCUT2D eigenvalue weighted by Crippen LogP contribution is 2.67. The summed E-state index contributed by atoms with van der Waals surface area (Å²) in [5, 5.41) is 10.2. The number of fused-ring (bicyclic) bond motifs is 3. The summed E-state index contributed by atoms with van der Waals surface area (Å²) in [6.45, 7) is 7.42. The molecule has 6 unspecified atom stereocenters. The van der Waals surface area contributed by atoms with E-state index in [-0.39, 0.29) is 11.0 Å². The van der Waals surface area contributed by atoms with Gasteiger partial charge in [0.2, 0.25) is 0 Å². The van der Waals surface area contributed by atoms with Gasteiger partial charge in [-0.1, -0.05) is 26.0 Å². The summed E-state index contributed by atoms with van der Waals surface area (Å²) in [4.78, 5) is 12.4. The van der Waals surface area contributed by atoms with Crippen LogP contribution in [-0.4, -0.2) is 23.3 Å². The van der Waals surface area contributed by atoms with E-state index in [1.807, 2.05) is 0 Å². The van der Waals surface area contributed by atoms with Crippen LogP contribution >= 0.6 is 0 Å². The Morgan fingerprint density at radius 1 is 1.22 bits per heavy atom. The van der Waals surface area contributed by atoms with E-state index in [1.54, 1.807) is 0 Å².